The van der Waals surface area contributed by atoms with Gasteiger partial charge in [0.05, 0.1) is 23.7 Å². The Hall–Kier alpha value is -3.30. The summed E-state index contributed by atoms with van der Waals surface area (Å²) in [5, 5.41) is 3.08. The van der Waals surface area contributed by atoms with E-state index in [-0.39, 0.29) is 40.3 Å². The van der Waals surface area contributed by atoms with Crippen LogP contribution in [0.2, 0.25) is 0 Å². The highest BCUT2D eigenvalue weighted by atomic mass is 19.4. The number of rotatable bonds is 4. The van der Waals surface area contributed by atoms with Crippen LogP contribution in [0.3, 0.4) is 0 Å². The zero-order valence-corrected chi connectivity index (χ0v) is 20.5. The lowest BCUT2D eigenvalue weighted by Crippen LogP contribution is -2.43. The lowest BCUT2D eigenvalue weighted by molar-refractivity contribution is -0.143. The predicted octanol–water partition coefficient (Wildman–Crippen LogP) is 7.52. The molecule has 1 N–H and O–H groups in total. The van der Waals surface area contributed by atoms with E-state index in [0.717, 1.165) is 19.3 Å². The number of carbonyl (C=O) groups excluding carboxylic acids is 1. The molecule has 0 unspecified atom stereocenters. The second-order valence-electron chi connectivity index (χ2n) is 10.6. The summed E-state index contributed by atoms with van der Waals surface area (Å²) in [6, 6.07) is 7.36. The molecule has 0 radical (unpaired) electrons. The zero-order valence-electron chi connectivity index (χ0n) is 20.5. The molecule has 1 aliphatic carbocycles. The molecule has 1 fully saturated rings. The number of benzene rings is 2. The Morgan fingerprint density at radius 1 is 0.946 bits per heavy atom. The van der Waals surface area contributed by atoms with Crippen LogP contribution in [0.25, 0.3) is 16.8 Å². The number of hydrogen-bond acceptors (Lipinski definition) is 2. The maximum absolute atomic E-state index is 13.2. The lowest BCUT2D eigenvalue weighted by atomic mass is 9.70. The quantitative estimate of drug-likeness (QED) is 0.360. The second kappa shape index (κ2) is 9.54. The number of alkyl halides is 6. The summed E-state index contributed by atoms with van der Waals surface area (Å²) in [6.07, 6.45) is -4.20. The molecule has 1 heterocycles. The third-order valence-electron chi connectivity index (χ3n) is 6.66. The molecule has 198 valence electrons. The SMILES string of the molecule is C[C@@H]1C[C@H](NC(=O)c2cncn2-c2ccc(-c3cc(C(F)(F)F)cc(C(F)(F)F)c3)cc2)CC(C)(C)C1. The fourth-order valence-electron chi connectivity index (χ4n) is 5.32. The number of hydrogen-bond donors (Lipinski definition) is 1. The Kier molecular flexibility index (Phi) is 6.90. The molecule has 1 saturated carbocycles. The minimum Gasteiger partial charge on any atom is -0.348 e. The normalized spacial score (nSPS) is 20.0. The van der Waals surface area contributed by atoms with Crippen LogP contribution in [-0.4, -0.2) is 21.5 Å². The standard InChI is InChI=1S/C27H27F6N3O/c1-16-8-21(13-25(2,3)12-16)35-24(37)23-14-34-15-36(23)22-6-4-17(5-7-22)18-9-19(26(28,29)30)11-20(10-18)27(31,32)33/h4-7,9-11,14-16,21H,8,12-13H2,1-3H3,(H,35,37)/t16-,21+/m1/s1. The van der Waals surface area contributed by atoms with Crippen molar-refractivity contribution in [3.63, 3.8) is 0 Å². The van der Waals surface area contributed by atoms with Crippen LogP contribution in [0.15, 0.2) is 55.0 Å². The van der Waals surface area contributed by atoms with Gasteiger partial charge in [-0.25, -0.2) is 4.98 Å². The Balaban J connectivity index is 1.59. The van der Waals surface area contributed by atoms with E-state index in [9.17, 15) is 31.1 Å². The number of halogens is 6. The van der Waals surface area contributed by atoms with E-state index in [1.165, 1.54) is 41.4 Å². The van der Waals surface area contributed by atoms with Crippen molar-refractivity contribution < 1.29 is 31.1 Å². The molecule has 2 atom stereocenters. The van der Waals surface area contributed by atoms with Crippen LogP contribution >= 0.6 is 0 Å². The topological polar surface area (TPSA) is 46.9 Å². The van der Waals surface area contributed by atoms with Gasteiger partial charge in [0.1, 0.15) is 5.69 Å². The minimum atomic E-state index is -4.93. The maximum Gasteiger partial charge on any atom is 0.416 e. The van der Waals surface area contributed by atoms with Crippen molar-refractivity contribution in [3.05, 3.63) is 71.8 Å². The van der Waals surface area contributed by atoms with Gasteiger partial charge in [-0.2, -0.15) is 26.3 Å². The van der Waals surface area contributed by atoms with Crippen molar-refractivity contribution in [1.82, 2.24) is 14.9 Å². The molecule has 37 heavy (non-hydrogen) atoms. The van der Waals surface area contributed by atoms with Crippen LogP contribution in [0, 0.1) is 11.3 Å². The van der Waals surface area contributed by atoms with Crippen molar-refractivity contribution >= 4 is 5.91 Å². The molecule has 1 amide bonds. The van der Waals surface area contributed by atoms with E-state index in [2.05, 4.69) is 31.1 Å². The summed E-state index contributed by atoms with van der Waals surface area (Å²) in [4.78, 5) is 17.1. The first-order valence-corrected chi connectivity index (χ1v) is 11.9. The summed E-state index contributed by atoms with van der Waals surface area (Å²) < 4.78 is 81.0. The largest absolute Gasteiger partial charge is 0.416 e. The molecule has 10 heteroatoms. The number of carbonyl (C=O) groups is 1. The number of nitrogens with zero attached hydrogens (tertiary/aromatic N) is 2. The highest BCUT2D eigenvalue weighted by Crippen LogP contribution is 2.40. The van der Waals surface area contributed by atoms with Gasteiger partial charge in [-0.1, -0.05) is 32.9 Å². The van der Waals surface area contributed by atoms with Gasteiger partial charge < -0.3 is 5.32 Å². The summed E-state index contributed by atoms with van der Waals surface area (Å²) in [5.41, 5.74) is -1.92. The van der Waals surface area contributed by atoms with Crippen molar-refractivity contribution in [2.75, 3.05) is 0 Å². The second-order valence-corrected chi connectivity index (χ2v) is 10.6. The lowest BCUT2D eigenvalue weighted by Gasteiger charge is -2.39. The van der Waals surface area contributed by atoms with Gasteiger partial charge >= 0.3 is 12.4 Å². The van der Waals surface area contributed by atoms with Crippen LogP contribution < -0.4 is 5.32 Å². The molecule has 0 aliphatic heterocycles. The molecule has 0 bridgehead atoms. The highest BCUT2D eigenvalue weighted by Gasteiger charge is 2.37. The number of aromatic nitrogens is 2. The van der Waals surface area contributed by atoms with Gasteiger partial charge in [-0.15, -0.1) is 0 Å². The Bertz CT molecular complexity index is 1240. The van der Waals surface area contributed by atoms with Crippen molar-refractivity contribution in [1.29, 1.82) is 0 Å². The monoisotopic (exact) mass is 523 g/mol. The van der Waals surface area contributed by atoms with Crippen LogP contribution in [0.1, 0.15) is 61.6 Å². The first kappa shape index (κ1) is 26.8. The van der Waals surface area contributed by atoms with E-state index >= 15 is 0 Å². The first-order valence-electron chi connectivity index (χ1n) is 11.9. The van der Waals surface area contributed by atoms with E-state index < -0.39 is 23.5 Å². The smallest absolute Gasteiger partial charge is 0.348 e. The van der Waals surface area contributed by atoms with E-state index in [0.29, 0.717) is 23.7 Å². The fourth-order valence-corrected chi connectivity index (χ4v) is 5.32. The predicted molar refractivity (Wildman–Crippen MR) is 127 cm³/mol. The van der Waals surface area contributed by atoms with Crippen LogP contribution in [0.4, 0.5) is 26.3 Å². The zero-order chi connectivity index (χ0) is 27.2. The van der Waals surface area contributed by atoms with Gasteiger partial charge in [-0.05, 0) is 72.1 Å². The van der Waals surface area contributed by atoms with Gasteiger partial charge in [0.15, 0.2) is 0 Å². The van der Waals surface area contributed by atoms with Crippen molar-refractivity contribution in [2.45, 2.75) is 58.4 Å². The first-order chi connectivity index (χ1) is 17.1. The maximum atomic E-state index is 13.2. The molecule has 1 aliphatic rings. The number of nitrogens with one attached hydrogen (secondary N) is 1. The summed E-state index contributed by atoms with van der Waals surface area (Å²) >= 11 is 0. The molecule has 4 nitrogen and oxygen atoms in total. The molecular weight excluding hydrogens is 496 g/mol. The molecule has 3 aromatic rings. The number of imidazole rings is 1. The minimum absolute atomic E-state index is 0.0145. The molecule has 4 rings (SSSR count). The Labute approximate surface area is 210 Å². The fraction of sp³-hybridized carbons (Fsp3) is 0.407. The van der Waals surface area contributed by atoms with E-state index in [4.69, 9.17) is 0 Å². The average molecular weight is 524 g/mol. The Morgan fingerprint density at radius 3 is 2.08 bits per heavy atom. The van der Waals surface area contributed by atoms with Gasteiger partial charge in [0.25, 0.3) is 5.91 Å². The van der Waals surface area contributed by atoms with Gasteiger partial charge in [0, 0.05) is 11.7 Å². The number of amides is 1. The van der Waals surface area contributed by atoms with Crippen molar-refractivity contribution in [3.8, 4) is 16.8 Å². The van der Waals surface area contributed by atoms with Gasteiger partial charge in [-0.3, -0.25) is 9.36 Å². The Morgan fingerprint density at radius 2 is 1.54 bits per heavy atom. The summed E-state index contributed by atoms with van der Waals surface area (Å²) in [7, 11) is 0. The summed E-state index contributed by atoms with van der Waals surface area (Å²) in [6.45, 7) is 6.51. The molecule has 0 spiro atoms. The summed E-state index contributed by atoms with van der Waals surface area (Å²) in [5.74, 6) is 0.171. The van der Waals surface area contributed by atoms with E-state index in [1.807, 2.05) is 0 Å². The molecular formula is C27H27F6N3O. The van der Waals surface area contributed by atoms with Crippen molar-refractivity contribution in [2.24, 2.45) is 11.3 Å². The molecule has 1 aromatic heterocycles. The van der Waals surface area contributed by atoms with E-state index in [1.54, 1.807) is 0 Å². The highest BCUT2D eigenvalue weighted by molar-refractivity contribution is 5.93. The molecule has 0 saturated heterocycles. The third-order valence-corrected chi connectivity index (χ3v) is 6.66. The average Bonchev–Trinajstić information content (AvgIpc) is 3.26. The van der Waals surface area contributed by atoms with Crippen LogP contribution in [0.5, 0.6) is 0 Å². The third kappa shape index (κ3) is 6.17. The van der Waals surface area contributed by atoms with Gasteiger partial charge in [0.2, 0.25) is 0 Å². The van der Waals surface area contributed by atoms with Crippen LogP contribution in [-0.2, 0) is 12.4 Å². The molecule has 2 aromatic carbocycles.